The molecule has 2 unspecified atom stereocenters. The monoisotopic (exact) mass is 1770 g/mol. The molecule has 0 spiro atoms. The van der Waals surface area contributed by atoms with Gasteiger partial charge in [-0.2, -0.15) is 16.8 Å². The molecule has 678 valence electrons. The maximum atomic E-state index is 12.7. The molecule has 8 atom stereocenters. The Labute approximate surface area is 724 Å². The first-order valence-corrected chi connectivity index (χ1v) is 46.1. The Hall–Kier alpha value is -8.53. The Bertz CT molecular complexity index is 4660. The molecular weight excluding hydrogens is 1650 g/mol. The van der Waals surface area contributed by atoms with Crippen molar-refractivity contribution < 1.29 is 130 Å². The number of ether oxygens (including phenoxy) is 10. The third-order valence-corrected chi connectivity index (χ3v) is 24.7. The van der Waals surface area contributed by atoms with Gasteiger partial charge in [0.1, 0.15) is 61.4 Å². The van der Waals surface area contributed by atoms with Crippen LogP contribution in [0.3, 0.4) is 0 Å². The van der Waals surface area contributed by atoms with Crippen molar-refractivity contribution in [3.05, 3.63) is 142 Å². The number of nitrogens with one attached hydrogen (secondary N) is 1. The van der Waals surface area contributed by atoms with Gasteiger partial charge in [0, 0.05) is 45.4 Å². The molecule has 6 saturated heterocycles. The number of carboxylic acids is 1. The molecule has 0 aliphatic carbocycles. The van der Waals surface area contributed by atoms with Crippen molar-refractivity contribution in [2.45, 2.75) is 288 Å². The highest BCUT2D eigenvalue weighted by atomic mass is 32.2. The van der Waals surface area contributed by atoms with E-state index in [1.54, 1.807) is 152 Å². The minimum Gasteiger partial charge on any atom is -0.481 e. The molecule has 4 aromatic carbocycles. The number of nitrogens with zero attached hydrogens (tertiary/aromatic N) is 4. The molecule has 9 amide bonds. The van der Waals surface area contributed by atoms with Crippen molar-refractivity contribution in [3.63, 3.8) is 0 Å². The minimum absolute atomic E-state index is 0.0411. The third-order valence-electron chi connectivity index (χ3n) is 22.6. The molecule has 0 bridgehead atoms. The van der Waals surface area contributed by atoms with E-state index in [9.17, 15) is 69.6 Å². The number of carbonyl (C=O) groups is 11. The van der Waals surface area contributed by atoms with Crippen LogP contribution < -0.4 is 4.72 Å². The average molecular weight is 1770 g/mol. The van der Waals surface area contributed by atoms with Crippen LogP contribution in [0, 0.1) is 0 Å². The number of fused-ring (bicyclic) bond motifs is 10. The fourth-order valence-electron chi connectivity index (χ4n) is 16.9. The van der Waals surface area contributed by atoms with Crippen LogP contribution in [0.25, 0.3) is 0 Å². The lowest BCUT2D eigenvalue weighted by Crippen LogP contribution is -2.60. The quantitative estimate of drug-likeness (QED) is 0.0237. The van der Waals surface area contributed by atoms with E-state index in [1.165, 1.54) is 21.1 Å². The number of carbonyl (C=O) groups excluding carboxylic acids is 10. The molecule has 6 fully saturated rings. The molecule has 14 rings (SSSR count). The summed E-state index contributed by atoms with van der Waals surface area (Å²) in [6.07, 6.45) is 16.1. The number of aliphatic carboxylic acids is 1. The van der Waals surface area contributed by atoms with Gasteiger partial charge in [-0.3, -0.25) is 76.5 Å². The molecular formula is C89H117N5O28S2. The molecule has 10 heterocycles. The van der Waals surface area contributed by atoms with Crippen molar-refractivity contribution in [1.29, 1.82) is 0 Å². The predicted molar refractivity (Wildman–Crippen MR) is 444 cm³/mol. The van der Waals surface area contributed by atoms with Gasteiger partial charge in [-0.05, 0) is 142 Å². The second-order valence-electron chi connectivity index (χ2n) is 34.3. The van der Waals surface area contributed by atoms with Gasteiger partial charge in [0.25, 0.3) is 57.4 Å². The molecule has 35 heteroatoms. The molecule has 0 radical (unpaired) electrons. The van der Waals surface area contributed by atoms with Gasteiger partial charge in [-0.25, -0.2) is 8.91 Å². The smallest absolute Gasteiger partial charge is 0.362 e. The lowest BCUT2D eigenvalue weighted by molar-refractivity contribution is -0.290. The Morgan fingerprint density at radius 3 is 1.02 bits per heavy atom. The normalized spacial score (nSPS) is 24.4. The molecule has 33 nitrogen and oxygen atoms in total. The van der Waals surface area contributed by atoms with Crippen LogP contribution in [0.15, 0.2) is 97.1 Å². The third kappa shape index (κ3) is 24.2. The van der Waals surface area contributed by atoms with E-state index < -0.39 is 140 Å². The highest BCUT2D eigenvalue weighted by Gasteiger charge is 2.68. The number of rotatable bonds is 40. The van der Waals surface area contributed by atoms with Crippen molar-refractivity contribution in [2.24, 2.45) is 0 Å². The van der Waals surface area contributed by atoms with E-state index in [2.05, 4.69) is 0 Å². The predicted octanol–water partition coefficient (Wildman–Crippen LogP) is 11.7. The summed E-state index contributed by atoms with van der Waals surface area (Å²) in [5.41, 5.74) is 3.70. The van der Waals surface area contributed by atoms with Crippen LogP contribution in [0.5, 0.6) is 0 Å². The first-order chi connectivity index (χ1) is 58.8. The van der Waals surface area contributed by atoms with E-state index in [-0.39, 0.29) is 80.9 Å². The summed E-state index contributed by atoms with van der Waals surface area (Å²) < 4.78 is 122. The fraction of sp³-hybridized carbons (Fsp3) is 0.607. The number of unbranched alkanes of at least 4 members (excludes halogenated alkanes) is 17. The number of hydrogen-bond donors (Lipinski definition) is 2. The summed E-state index contributed by atoms with van der Waals surface area (Å²) in [5, 5.41) is 8.55. The SMILES string of the molecule is CC1(C)O[C@@H]2CO[C@@]3(COS(=O)(=O)CC(=O)CCCCCCCCCCCN4C(=O)c5ccccc5C4=O)OC(C)(C)OC3[C@@H]2O1.CC1(C)O[C@@H]2CO[C@@]3(COS(=O)(=O)NC(=O)CCCN4C(=O)c5ccccc5C4=O)OC(C)(C)OC3[C@@H]2O1.CCCCN1C(=O)c2ccccc2C1=O.O=C(O)CCCCCCCCCCCN1C(=O)c2ccccc2C1=O. The molecule has 4 aromatic rings. The Morgan fingerprint density at radius 2 is 0.685 bits per heavy atom. The van der Waals surface area contributed by atoms with E-state index >= 15 is 0 Å². The average Bonchev–Trinajstić information content (AvgIpc) is 1.57. The lowest BCUT2D eigenvalue weighted by Gasteiger charge is -2.40. The topological polar surface area (TPSA) is 412 Å². The van der Waals surface area contributed by atoms with Crippen molar-refractivity contribution in [2.75, 3.05) is 58.4 Å². The Balaban J connectivity index is 0.000000172. The number of amides is 9. The molecule has 10 aliphatic rings. The van der Waals surface area contributed by atoms with Gasteiger partial charge in [0.15, 0.2) is 23.1 Å². The van der Waals surface area contributed by atoms with Crippen LogP contribution in [-0.4, -0.2) is 236 Å². The van der Waals surface area contributed by atoms with Gasteiger partial charge in [0.05, 0.1) is 57.7 Å². The van der Waals surface area contributed by atoms with Crippen LogP contribution in [0.1, 0.15) is 299 Å². The van der Waals surface area contributed by atoms with Crippen molar-refractivity contribution >= 4 is 85.3 Å². The highest BCUT2D eigenvalue weighted by Crippen LogP contribution is 2.50. The van der Waals surface area contributed by atoms with Gasteiger partial charge in [-0.15, -0.1) is 0 Å². The zero-order valence-electron chi connectivity index (χ0n) is 72.1. The van der Waals surface area contributed by atoms with E-state index in [0.29, 0.717) is 70.6 Å². The summed E-state index contributed by atoms with van der Waals surface area (Å²) >= 11 is 0. The zero-order valence-corrected chi connectivity index (χ0v) is 73.7. The van der Waals surface area contributed by atoms with E-state index in [4.69, 9.17) is 60.8 Å². The van der Waals surface area contributed by atoms with Crippen LogP contribution in [0.2, 0.25) is 0 Å². The van der Waals surface area contributed by atoms with Gasteiger partial charge >= 0.3 is 16.3 Å². The van der Waals surface area contributed by atoms with Crippen LogP contribution in [-0.2, 0) is 90.5 Å². The van der Waals surface area contributed by atoms with Gasteiger partial charge in [0.2, 0.25) is 17.5 Å². The molecule has 10 aliphatic heterocycles. The number of hydrogen-bond acceptors (Lipinski definition) is 27. The molecule has 124 heavy (non-hydrogen) atoms. The number of imide groups is 4. The van der Waals surface area contributed by atoms with Gasteiger partial charge < -0.3 is 52.5 Å². The van der Waals surface area contributed by atoms with Gasteiger partial charge in [-0.1, -0.05) is 152 Å². The second-order valence-corrected chi connectivity index (χ2v) is 37.3. The number of ketones is 1. The first-order valence-electron chi connectivity index (χ1n) is 43.1. The standard InChI is InChI=1S/C33H47NO11S.C24H30N2O11S.C20H27NO4.C12H13NO2/c1-31(2)42-26-20-40-33(28(27(26)43-31)44-32(3,4)45-33)22-41-46(38,39)21-23(35)16-12-10-8-6-5-7-9-11-15-19-34-29(36)24-17-13-14-18-25(24)30(34)37;1-22(2)34-16-12-32-24(19(18(16)35-22)36-23(3,4)37-24)13-33-38(30,31)25-17(27)10-7-11-26-20(28)14-8-5-6-9-15(14)21(26)29;22-18(23)14-8-6-4-2-1-3-5-7-11-15-21-19(24)16-12-9-10-13-17(16)20(21)25;1-2-3-8-13-11(14)9-6-4-5-7-10(9)12(13)15/h13-14,17-18,26-28H,5-12,15-16,19-22H2,1-4H3;5-6,8-9,16,18-19H,7,10-13H2,1-4H3,(H,25,27);9-10,12-13H,1-8,11,14-15H2,(H,22,23);4-7H,2-3,8H2,1H3/t26-,27-,28?,33+;16-,18-,19?,24+;;/m11../s1. The largest absolute Gasteiger partial charge is 0.481 e. The fourth-order valence-corrected chi connectivity index (χ4v) is 18.6. The molecule has 0 aromatic heterocycles. The summed E-state index contributed by atoms with van der Waals surface area (Å²) in [6.45, 7) is 16.4. The minimum atomic E-state index is -4.56. The Kier molecular flexibility index (Phi) is 32.2. The van der Waals surface area contributed by atoms with Crippen molar-refractivity contribution in [3.8, 4) is 0 Å². The van der Waals surface area contributed by atoms with Crippen LogP contribution in [0.4, 0.5) is 0 Å². The lowest BCUT2D eigenvalue weighted by atomic mass is 9.98. The number of Topliss-reactive ketones (excluding diaryl/α,β-unsaturated/α-hetero) is 1. The number of carboxylic acid groups (broad SMARTS) is 1. The first kappa shape index (κ1) is 96.1. The van der Waals surface area contributed by atoms with E-state index in [1.807, 2.05) is 11.6 Å². The summed E-state index contributed by atoms with van der Waals surface area (Å²) in [5.74, 6) is -11.7. The molecule has 2 N–H and O–H groups in total. The van der Waals surface area contributed by atoms with Crippen LogP contribution >= 0.6 is 0 Å². The highest BCUT2D eigenvalue weighted by molar-refractivity contribution is 7.87. The maximum Gasteiger partial charge on any atom is 0.362 e. The van der Waals surface area contributed by atoms with E-state index in [0.717, 1.165) is 120 Å². The maximum absolute atomic E-state index is 12.7. The van der Waals surface area contributed by atoms with Crippen molar-refractivity contribution in [1.82, 2.24) is 24.3 Å². The summed E-state index contributed by atoms with van der Waals surface area (Å²) in [4.78, 5) is 138. The Morgan fingerprint density at radius 1 is 0.387 bits per heavy atom. The molecule has 0 saturated carbocycles. The number of benzene rings is 4. The summed E-state index contributed by atoms with van der Waals surface area (Å²) in [7, 11) is -8.73. The zero-order chi connectivity index (χ0) is 89.6. The summed E-state index contributed by atoms with van der Waals surface area (Å²) in [6, 6.07) is 27.4. The second kappa shape index (κ2) is 41.5.